The van der Waals surface area contributed by atoms with E-state index in [1.54, 1.807) is 29.2 Å². The molecule has 3 aromatic rings. The molecule has 8 heteroatoms. The van der Waals surface area contributed by atoms with Crippen molar-refractivity contribution in [3.8, 4) is 17.8 Å². The van der Waals surface area contributed by atoms with Crippen LogP contribution in [0.5, 0.6) is 11.8 Å². The minimum absolute atomic E-state index is 0.0562. The van der Waals surface area contributed by atoms with Crippen LogP contribution in [0.15, 0.2) is 43.0 Å². The van der Waals surface area contributed by atoms with Crippen LogP contribution in [0.4, 0.5) is 0 Å². The molecule has 1 saturated carbocycles. The summed E-state index contributed by atoms with van der Waals surface area (Å²) in [6, 6.07) is 6.46. The second-order valence-electron chi connectivity index (χ2n) is 7.78. The van der Waals surface area contributed by atoms with E-state index in [4.69, 9.17) is 14.2 Å². The predicted octanol–water partition coefficient (Wildman–Crippen LogP) is 3.57. The average Bonchev–Trinajstić information content (AvgIpc) is 3.25. The Morgan fingerprint density at radius 3 is 2.58 bits per heavy atom. The Morgan fingerprint density at radius 1 is 1.10 bits per heavy atom. The first-order valence-corrected chi connectivity index (χ1v) is 10.6. The quantitative estimate of drug-likeness (QED) is 0.626. The fourth-order valence-corrected chi connectivity index (χ4v) is 4.16. The summed E-state index contributed by atoms with van der Waals surface area (Å²) in [5, 5.41) is 13.9. The summed E-state index contributed by atoms with van der Waals surface area (Å²) in [4.78, 5) is 8.28. The monoisotopic (exact) mass is 417 g/mol. The van der Waals surface area contributed by atoms with Crippen molar-refractivity contribution in [2.75, 3.05) is 13.2 Å². The van der Waals surface area contributed by atoms with Crippen LogP contribution in [0, 0.1) is 11.3 Å². The molecule has 0 radical (unpaired) electrons. The van der Waals surface area contributed by atoms with Crippen molar-refractivity contribution in [2.24, 2.45) is 0 Å². The number of pyridine rings is 1. The second-order valence-corrected chi connectivity index (χ2v) is 7.78. The van der Waals surface area contributed by atoms with Crippen molar-refractivity contribution in [1.29, 1.82) is 5.26 Å². The van der Waals surface area contributed by atoms with Gasteiger partial charge in [-0.3, -0.25) is 0 Å². The smallest absolute Gasteiger partial charge is 0.316 e. The first-order chi connectivity index (χ1) is 15.3. The van der Waals surface area contributed by atoms with Crippen LogP contribution in [-0.2, 0) is 4.74 Å². The van der Waals surface area contributed by atoms with Crippen molar-refractivity contribution >= 4 is 11.1 Å². The molecule has 1 aliphatic heterocycles. The van der Waals surface area contributed by atoms with Crippen LogP contribution in [0.1, 0.15) is 43.2 Å². The van der Waals surface area contributed by atoms with Crippen LogP contribution in [-0.4, -0.2) is 45.0 Å². The normalized spacial score (nSPS) is 21.3. The molecule has 0 spiro atoms. The maximum absolute atomic E-state index is 9.53. The zero-order valence-corrected chi connectivity index (χ0v) is 17.1. The van der Waals surface area contributed by atoms with Crippen molar-refractivity contribution < 1.29 is 14.2 Å². The minimum atomic E-state index is 0.0562. The maximum Gasteiger partial charge on any atom is 0.316 e. The van der Waals surface area contributed by atoms with Gasteiger partial charge in [0, 0.05) is 18.6 Å². The Labute approximate surface area is 180 Å². The number of nitriles is 1. The van der Waals surface area contributed by atoms with Crippen LogP contribution in [0.3, 0.4) is 0 Å². The van der Waals surface area contributed by atoms with Crippen molar-refractivity contribution in [2.45, 2.75) is 44.3 Å². The standard InChI is InChI=1S/C23H23N5O3/c24-13-18-14-27-28-15-17(16-6-10-29-11-7-16)12-21(22(18)28)30-19-2-4-20(5-3-19)31-23-25-8-1-9-26-23/h1,6,8-9,12,14-15,19-20H,2-5,7,10-11H2. The first kappa shape index (κ1) is 19.5. The van der Waals surface area contributed by atoms with E-state index in [9.17, 15) is 5.26 Å². The molecule has 1 fully saturated rings. The Hall–Kier alpha value is -3.44. The van der Waals surface area contributed by atoms with E-state index in [2.05, 4.69) is 27.2 Å². The summed E-state index contributed by atoms with van der Waals surface area (Å²) in [6.07, 6.45) is 13.5. The summed E-state index contributed by atoms with van der Waals surface area (Å²) >= 11 is 0. The molecule has 0 bridgehead atoms. The number of hydrogen-bond donors (Lipinski definition) is 0. The van der Waals surface area contributed by atoms with Gasteiger partial charge in [-0.15, -0.1) is 0 Å². The van der Waals surface area contributed by atoms with E-state index in [-0.39, 0.29) is 12.2 Å². The van der Waals surface area contributed by atoms with E-state index >= 15 is 0 Å². The minimum Gasteiger partial charge on any atom is -0.488 e. The SMILES string of the molecule is N#Cc1cnn2cc(C3=CCOCC3)cc(OC3CCC(Oc4ncccn4)CC3)c12. The lowest BCUT2D eigenvalue weighted by atomic mass is 9.95. The molecule has 2 aliphatic rings. The van der Waals surface area contributed by atoms with Gasteiger partial charge in [0.15, 0.2) is 0 Å². The Morgan fingerprint density at radius 2 is 1.87 bits per heavy atom. The van der Waals surface area contributed by atoms with Crippen molar-refractivity contribution in [1.82, 2.24) is 19.6 Å². The van der Waals surface area contributed by atoms with Gasteiger partial charge in [0.1, 0.15) is 29.0 Å². The number of fused-ring (bicyclic) bond motifs is 1. The highest BCUT2D eigenvalue weighted by atomic mass is 16.5. The number of aromatic nitrogens is 4. The fourth-order valence-electron chi connectivity index (χ4n) is 4.16. The predicted molar refractivity (Wildman–Crippen MR) is 113 cm³/mol. The lowest BCUT2D eigenvalue weighted by molar-refractivity contribution is 0.0755. The second kappa shape index (κ2) is 8.74. The lowest BCUT2D eigenvalue weighted by Gasteiger charge is -2.29. The Balaban J connectivity index is 1.34. The molecule has 0 amide bonds. The van der Waals surface area contributed by atoms with Gasteiger partial charge in [-0.2, -0.15) is 10.4 Å². The molecule has 0 atom stereocenters. The molecule has 5 rings (SSSR count). The average molecular weight is 417 g/mol. The molecule has 8 nitrogen and oxygen atoms in total. The van der Waals surface area contributed by atoms with Crippen LogP contribution >= 0.6 is 0 Å². The van der Waals surface area contributed by atoms with Gasteiger partial charge in [-0.1, -0.05) is 6.08 Å². The number of rotatable bonds is 5. The van der Waals surface area contributed by atoms with Gasteiger partial charge >= 0.3 is 6.01 Å². The molecule has 0 aromatic carbocycles. The number of ether oxygens (including phenoxy) is 3. The largest absolute Gasteiger partial charge is 0.488 e. The third kappa shape index (κ3) is 4.23. The highest BCUT2D eigenvalue weighted by molar-refractivity contribution is 5.75. The summed E-state index contributed by atoms with van der Waals surface area (Å²) in [5.74, 6) is 0.703. The van der Waals surface area contributed by atoms with E-state index < -0.39 is 0 Å². The van der Waals surface area contributed by atoms with Crippen LogP contribution < -0.4 is 9.47 Å². The third-order valence-corrected chi connectivity index (χ3v) is 5.76. The zero-order chi connectivity index (χ0) is 21.0. The van der Waals surface area contributed by atoms with Gasteiger partial charge in [-0.25, -0.2) is 14.5 Å². The maximum atomic E-state index is 9.53. The van der Waals surface area contributed by atoms with E-state index in [1.165, 1.54) is 5.57 Å². The van der Waals surface area contributed by atoms with Gasteiger partial charge in [0.05, 0.1) is 25.5 Å². The molecule has 3 aromatic heterocycles. The number of hydrogen-bond acceptors (Lipinski definition) is 7. The van der Waals surface area contributed by atoms with E-state index in [1.807, 2.05) is 12.3 Å². The molecule has 31 heavy (non-hydrogen) atoms. The third-order valence-electron chi connectivity index (χ3n) is 5.76. The van der Waals surface area contributed by atoms with E-state index in [0.29, 0.717) is 30.5 Å². The van der Waals surface area contributed by atoms with E-state index in [0.717, 1.165) is 43.2 Å². The first-order valence-electron chi connectivity index (χ1n) is 10.6. The Kier molecular flexibility index (Phi) is 5.50. The molecule has 4 heterocycles. The molecule has 1 aliphatic carbocycles. The molecule has 158 valence electrons. The topological polar surface area (TPSA) is 94.6 Å². The summed E-state index contributed by atoms with van der Waals surface area (Å²) < 4.78 is 19.5. The molecular weight excluding hydrogens is 394 g/mol. The zero-order valence-electron chi connectivity index (χ0n) is 17.1. The van der Waals surface area contributed by atoms with Gasteiger partial charge < -0.3 is 14.2 Å². The van der Waals surface area contributed by atoms with Crippen LogP contribution in [0.25, 0.3) is 11.1 Å². The van der Waals surface area contributed by atoms with Crippen molar-refractivity contribution in [3.05, 3.63) is 54.1 Å². The molecule has 0 unspecified atom stereocenters. The van der Waals surface area contributed by atoms with Gasteiger partial charge in [0.25, 0.3) is 0 Å². The van der Waals surface area contributed by atoms with Crippen molar-refractivity contribution in [3.63, 3.8) is 0 Å². The molecular formula is C23H23N5O3. The summed E-state index contributed by atoms with van der Waals surface area (Å²) in [5.41, 5.74) is 3.50. The van der Waals surface area contributed by atoms with Gasteiger partial charge in [-0.05, 0) is 55.4 Å². The Bertz CT molecular complexity index is 1130. The lowest BCUT2D eigenvalue weighted by Crippen LogP contribution is -2.30. The highest BCUT2D eigenvalue weighted by Gasteiger charge is 2.26. The van der Waals surface area contributed by atoms with Crippen LogP contribution in [0.2, 0.25) is 0 Å². The fraction of sp³-hybridized carbons (Fsp3) is 0.391. The summed E-state index contributed by atoms with van der Waals surface area (Å²) in [7, 11) is 0. The molecule has 0 N–H and O–H groups in total. The summed E-state index contributed by atoms with van der Waals surface area (Å²) in [6.45, 7) is 1.32. The van der Waals surface area contributed by atoms with Gasteiger partial charge in [0.2, 0.25) is 0 Å². The number of nitrogens with zero attached hydrogens (tertiary/aromatic N) is 5. The highest BCUT2D eigenvalue weighted by Crippen LogP contribution is 2.33. The molecule has 0 saturated heterocycles.